The Morgan fingerprint density at radius 2 is 1.57 bits per heavy atom. The molecule has 1 aromatic rings. The van der Waals surface area contributed by atoms with Crippen molar-refractivity contribution in [3.8, 4) is 0 Å². The molecule has 0 spiro atoms. The largest absolute Gasteiger partial charge is 0.233 e. The fourth-order valence-corrected chi connectivity index (χ4v) is 4.69. The highest BCUT2D eigenvalue weighted by molar-refractivity contribution is 7.78. The van der Waals surface area contributed by atoms with Crippen molar-refractivity contribution in [2.75, 3.05) is 18.9 Å². The summed E-state index contributed by atoms with van der Waals surface area (Å²) < 4.78 is 6.03. The molecule has 0 amide bonds. The first-order chi connectivity index (χ1) is 6.79. The molecule has 2 heteroatoms. The van der Waals surface area contributed by atoms with Gasteiger partial charge in [0.05, 0.1) is 18.9 Å². The van der Waals surface area contributed by atoms with Crippen molar-refractivity contribution in [2.24, 2.45) is 0 Å². The van der Waals surface area contributed by atoms with Crippen LogP contribution in [0.1, 0.15) is 20.8 Å². The second kappa shape index (κ2) is 5.48. The Morgan fingerprint density at radius 1 is 1.00 bits per heavy atom. The lowest BCUT2D eigenvalue weighted by Crippen LogP contribution is -2.17. The topological polar surface area (TPSA) is 9.23 Å². The van der Waals surface area contributed by atoms with E-state index in [1.165, 1.54) is 5.30 Å². The average molecular weight is 211 g/mol. The molecule has 14 heavy (non-hydrogen) atoms. The van der Waals surface area contributed by atoms with E-state index in [-0.39, 0.29) is 0 Å². The lowest BCUT2D eigenvalue weighted by Gasteiger charge is -2.22. The van der Waals surface area contributed by atoms with Gasteiger partial charge in [0.1, 0.15) is 5.30 Å². The average Bonchev–Trinajstić information content (AvgIpc) is 2.27. The van der Waals surface area contributed by atoms with Crippen LogP contribution in [-0.4, -0.2) is 18.9 Å². The molecule has 0 saturated heterocycles. The molecule has 0 fully saturated rings. The Morgan fingerprint density at radius 3 is 2.00 bits per heavy atom. The zero-order valence-electron chi connectivity index (χ0n) is 9.36. The first kappa shape index (κ1) is 11.7. The fraction of sp³-hybridized carbons (Fsp3) is 0.500. The lowest BCUT2D eigenvalue weighted by atomic mass is 10.4. The van der Waals surface area contributed by atoms with Crippen LogP contribution in [0, 0.1) is 0 Å². The molecular weight excluding hydrogens is 191 g/mol. The van der Waals surface area contributed by atoms with Gasteiger partial charge in [-0.05, 0) is 32.9 Å². The van der Waals surface area contributed by atoms with Crippen LogP contribution in [0.15, 0.2) is 30.3 Å². The third-order valence-electron chi connectivity index (χ3n) is 2.62. The first-order valence-electron chi connectivity index (χ1n) is 5.36. The molecule has 0 aliphatic carbocycles. The quantitative estimate of drug-likeness (QED) is 0.679. The van der Waals surface area contributed by atoms with Gasteiger partial charge in [0, 0.05) is 0 Å². The molecule has 1 rings (SSSR count). The van der Waals surface area contributed by atoms with E-state index in [1.807, 2.05) is 0 Å². The lowest BCUT2D eigenvalue weighted by molar-refractivity contribution is 0.371. The third kappa shape index (κ3) is 2.34. The maximum Gasteiger partial charge on any atom is 0.177 e. The van der Waals surface area contributed by atoms with Gasteiger partial charge < -0.3 is 0 Å². The van der Waals surface area contributed by atoms with Gasteiger partial charge in [-0.1, -0.05) is 18.2 Å². The normalized spacial score (nSPS) is 11.6. The van der Waals surface area contributed by atoms with Crippen LogP contribution >= 0.6 is 7.49 Å². The minimum atomic E-state index is -1.31. The summed E-state index contributed by atoms with van der Waals surface area (Å²) in [5.41, 5.74) is 0. The molecule has 0 saturated carbocycles. The van der Waals surface area contributed by atoms with Crippen LogP contribution in [0.5, 0.6) is 0 Å². The van der Waals surface area contributed by atoms with E-state index in [2.05, 4.69) is 51.1 Å². The van der Waals surface area contributed by atoms with E-state index in [0.717, 1.165) is 18.9 Å². The van der Waals surface area contributed by atoms with Crippen LogP contribution in [-0.2, 0) is 4.52 Å². The van der Waals surface area contributed by atoms with Crippen molar-refractivity contribution in [1.82, 2.24) is 0 Å². The van der Waals surface area contributed by atoms with Crippen molar-refractivity contribution >= 4 is 12.8 Å². The van der Waals surface area contributed by atoms with Crippen molar-refractivity contribution in [1.29, 1.82) is 0 Å². The Bertz CT molecular complexity index is 254. The summed E-state index contributed by atoms with van der Waals surface area (Å²) in [6, 6.07) is 10.7. The Balaban J connectivity index is 2.98. The second-order valence-electron chi connectivity index (χ2n) is 3.28. The van der Waals surface area contributed by atoms with Crippen LogP contribution in [0.4, 0.5) is 0 Å². The van der Waals surface area contributed by atoms with Crippen LogP contribution in [0.2, 0.25) is 0 Å². The van der Waals surface area contributed by atoms with Crippen LogP contribution < -0.4 is 5.30 Å². The second-order valence-corrected chi connectivity index (χ2v) is 7.09. The monoisotopic (exact) mass is 211 g/mol. The van der Waals surface area contributed by atoms with Gasteiger partial charge in [0.15, 0.2) is 7.49 Å². The third-order valence-corrected chi connectivity index (χ3v) is 6.66. The number of hydrogen-bond donors (Lipinski definition) is 0. The maximum atomic E-state index is 6.03. The van der Waals surface area contributed by atoms with Crippen molar-refractivity contribution in [3.05, 3.63) is 30.3 Å². The van der Waals surface area contributed by atoms with Crippen LogP contribution in [0.25, 0.3) is 0 Å². The maximum absolute atomic E-state index is 6.03. The van der Waals surface area contributed by atoms with Gasteiger partial charge in [-0.15, -0.1) is 0 Å². The summed E-state index contributed by atoms with van der Waals surface area (Å²) in [6.45, 7) is 7.38. The first-order valence-corrected chi connectivity index (χ1v) is 7.44. The van der Waals surface area contributed by atoms with E-state index >= 15 is 0 Å². The van der Waals surface area contributed by atoms with Gasteiger partial charge in [0.2, 0.25) is 0 Å². The number of rotatable bonds is 5. The molecule has 0 bridgehead atoms. The van der Waals surface area contributed by atoms with E-state index in [1.54, 1.807) is 0 Å². The molecule has 78 valence electrons. The highest BCUT2D eigenvalue weighted by Crippen LogP contribution is 2.57. The standard InChI is InChI=1S/C12H20OP/c1-4-13-14(5-2,6-3)12-10-8-7-9-11-12/h7-11H,4-6H2,1-3H3/q+1. The number of hydrogen-bond acceptors (Lipinski definition) is 1. The highest BCUT2D eigenvalue weighted by Gasteiger charge is 2.37. The predicted molar refractivity (Wildman–Crippen MR) is 65.7 cm³/mol. The van der Waals surface area contributed by atoms with Crippen molar-refractivity contribution in [2.45, 2.75) is 20.8 Å². The van der Waals surface area contributed by atoms with Gasteiger partial charge in [-0.2, -0.15) is 0 Å². The molecule has 1 nitrogen and oxygen atoms in total. The molecule has 0 aliphatic heterocycles. The SMILES string of the molecule is CCO[P+](CC)(CC)c1ccccc1. The summed E-state index contributed by atoms with van der Waals surface area (Å²) in [6.07, 6.45) is 2.28. The minimum Gasteiger partial charge on any atom is -0.233 e. The van der Waals surface area contributed by atoms with Crippen molar-refractivity contribution in [3.63, 3.8) is 0 Å². The Kier molecular flexibility index (Phi) is 4.57. The minimum absolute atomic E-state index is 0.824. The molecule has 0 atom stereocenters. The zero-order chi connectivity index (χ0) is 10.4. The number of benzene rings is 1. The van der Waals surface area contributed by atoms with E-state index in [4.69, 9.17) is 4.52 Å². The fourth-order valence-electron chi connectivity index (χ4n) is 1.79. The molecule has 1 aromatic carbocycles. The molecule has 0 aromatic heterocycles. The van der Waals surface area contributed by atoms with E-state index < -0.39 is 7.49 Å². The summed E-state index contributed by atoms with van der Waals surface area (Å²) in [5, 5.41) is 1.41. The molecule has 0 aliphatic rings. The van der Waals surface area contributed by atoms with Gasteiger partial charge in [0.25, 0.3) is 0 Å². The molecule has 0 N–H and O–H groups in total. The van der Waals surface area contributed by atoms with Gasteiger partial charge in [-0.25, -0.2) is 4.52 Å². The summed E-state index contributed by atoms with van der Waals surface area (Å²) in [5.74, 6) is 0. The Labute approximate surface area is 87.9 Å². The molecular formula is C12H20OP+. The van der Waals surface area contributed by atoms with E-state index in [9.17, 15) is 0 Å². The highest BCUT2D eigenvalue weighted by atomic mass is 31.2. The summed E-state index contributed by atoms with van der Waals surface area (Å²) >= 11 is 0. The smallest absolute Gasteiger partial charge is 0.177 e. The zero-order valence-corrected chi connectivity index (χ0v) is 10.3. The van der Waals surface area contributed by atoms with Crippen molar-refractivity contribution < 1.29 is 4.52 Å². The predicted octanol–water partition coefficient (Wildman–Crippen LogP) is 3.32. The Hall–Kier alpha value is -0.390. The summed E-state index contributed by atoms with van der Waals surface area (Å²) in [4.78, 5) is 0. The summed E-state index contributed by atoms with van der Waals surface area (Å²) in [7, 11) is -1.31. The van der Waals surface area contributed by atoms with Gasteiger partial charge in [-0.3, -0.25) is 0 Å². The molecule has 0 heterocycles. The molecule has 0 unspecified atom stereocenters. The van der Waals surface area contributed by atoms with Crippen LogP contribution in [0.3, 0.4) is 0 Å². The molecule has 0 radical (unpaired) electrons. The van der Waals surface area contributed by atoms with Gasteiger partial charge >= 0.3 is 0 Å². The van der Waals surface area contributed by atoms with E-state index in [0.29, 0.717) is 0 Å².